The van der Waals surface area contributed by atoms with Crippen molar-refractivity contribution < 1.29 is 14.3 Å². The Morgan fingerprint density at radius 3 is 2.73 bits per heavy atom. The molecule has 0 saturated carbocycles. The van der Waals surface area contributed by atoms with Crippen molar-refractivity contribution in [1.29, 1.82) is 0 Å². The third-order valence-corrected chi connectivity index (χ3v) is 2.97. The second-order valence-electron chi connectivity index (χ2n) is 2.66. The van der Waals surface area contributed by atoms with Crippen LogP contribution in [-0.4, -0.2) is 25.9 Å². The lowest BCUT2D eigenvalue weighted by Gasteiger charge is -2.05. The molecule has 0 aliphatic rings. The van der Waals surface area contributed by atoms with Crippen LogP contribution in [0.4, 0.5) is 0 Å². The number of esters is 1. The molecule has 0 amide bonds. The Labute approximate surface area is 97.7 Å². The summed E-state index contributed by atoms with van der Waals surface area (Å²) >= 11 is 7.30. The van der Waals surface area contributed by atoms with Gasteiger partial charge in [-0.1, -0.05) is 11.6 Å². The second-order valence-corrected chi connectivity index (χ2v) is 4.12. The monoisotopic (exact) mass is 246 g/mol. The molecule has 1 aromatic carbocycles. The van der Waals surface area contributed by atoms with Crippen LogP contribution >= 0.6 is 23.4 Å². The molecule has 0 aromatic heterocycles. The van der Waals surface area contributed by atoms with Crippen LogP contribution in [0.5, 0.6) is 5.75 Å². The van der Waals surface area contributed by atoms with Gasteiger partial charge in [0.1, 0.15) is 5.75 Å². The molecule has 0 radical (unpaired) electrons. The van der Waals surface area contributed by atoms with Gasteiger partial charge in [0, 0.05) is 4.90 Å². The summed E-state index contributed by atoms with van der Waals surface area (Å²) < 4.78 is 9.54. The lowest BCUT2D eigenvalue weighted by atomic mass is 10.3. The Kier molecular flexibility index (Phi) is 4.78. The fourth-order valence-corrected chi connectivity index (χ4v) is 2.03. The van der Waals surface area contributed by atoms with Crippen LogP contribution < -0.4 is 4.74 Å². The van der Waals surface area contributed by atoms with Gasteiger partial charge < -0.3 is 9.47 Å². The largest absolute Gasteiger partial charge is 0.495 e. The Morgan fingerprint density at radius 2 is 2.20 bits per heavy atom. The molecule has 15 heavy (non-hydrogen) atoms. The first-order valence-corrected chi connectivity index (χ1v) is 5.57. The second kappa shape index (κ2) is 5.88. The summed E-state index contributed by atoms with van der Waals surface area (Å²) in [6.45, 7) is 0. The number of ether oxygens (including phenoxy) is 2. The van der Waals surface area contributed by atoms with E-state index in [0.29, 0.717) is 10.8 Å². The number of rotatable bonds is 4. The SMILES string of the molecule is COC(=O)CSc1ccc(OC)c(Cl)c1. The van der Waals surface area contributed by atoms with Crippen LogP contribution in [0.25, 0.3) is 0 Å². The highest BCUT2D eigenvalue weighted by molar-refractivity contribution is 8.00. The Bertz CT molecular complexity index is 355. The summed E-state index contributed by atoms with van der Waals surface area (Å²) in [6, 6.07) is 5.37. The first kappa shape index (κ1) is 12.2. The van der Waals surface area contributed by atoms with Gasteiger partial charge in [0.05, 0.1) is 25.0 Å². The van der Waals surface area contributed by atoms with Crippen molar-refractivity contribution in [3.8, 4) is 5.75 Å². The maximum absolute atomic E-state index is 10.9. The van der Waals surface area contributed by atoms with Crippen molar-refractivity contribution in [2.24, 2.45) is 0 Å². The summed E-state index contributed by atoms with van der Waals surface area (Å²) in [7, 11) is 2.92. The number of methoxy groups -OCH3 is 2. The summed E-state index contributed by atoms with van der Waals surface area (Å²) in [5.74, 6) is 0.644. The van der Waals surface area contributed by atoms with Crippen molar-refractivity contribution >= 4 is 29.3 Å². The third-order valence-electron chi connectivity index (χ3n) is 1.71. The fourth-order valence-electron chi connectivity index (χ4n) is 0.938. The van der Waals surface area contributed by atoms with Gasteiger partial charge in [0.25, 0.3) is 0 Å². The van der Waals surface area contributed by atoms with E-state index in [-0.39, 0.29) is 11.7 Å². The van der Waals surface area contributed by atoms with Gasteiger partial charge in [0.15, 0.2) is 0 Å². The standard InChI is InChI=1S/C10H11ClO3S/c1-13-9-4-3-7(5-8(9)11)15-6-10(12)14-2/h3-5H,6H2,1-2H3. The van der Waals surface area contributed by atoms with Gasteiger partial charge >= 0.3 is 5.97 Å². The molecule has 0 heterocycles. The van der Waals surface area contributed by atoms with Gasteiger partial charge in [0.2, 0.25) is 0 Å². The molecule has 0 N–H and O–H groups in total. The molecule has 0 bridgehead atoms. The van der Waals surface area contributed by atoms with Gasteiger partial charge in [-0.05, 0) is 18.2 Å². The van der Waals surface area contributed by atoms with Gasteiger partial charge in [-0.2, -0.15) is 0 Å². The van der Waals surface area contributed by atoms with E-state index >= 15 is 0 Å². The number of carbonyl (C=O) groups is 1. The molecule has 1 aromatic rings. The predicted molar refractivity (Wildman–Crippen MR) is 60.7 cm³/mol. The average molecular weight is 247 g/mol. The molecular weight excluding hydrogens is 236 g/mol. The van der Waals surface area contributed by atoms with Crippen LogP contribution in [0.3, 0.4) is 0 Å². The van der Waals surface area contributed by atoms with Crippen LogP contribution in [-0.2, 0) is 9.53 Å². The van der Waals surface area contributed by atoms with E-state index in [0.717, 1.165) is 4.90 Å². The average Bonchev–Trinajstić information content (AvgIpc) is 2.26. The molecule has 0 fully saturated rings. The molecule has 0 aliphatic carbocycles. The number of halogens is 1. The molecule has 0 spiro atoms. The van der Waals surface area contributed by atoms with Crippen molar-refractivity contribution in [2.45, 2.75) is 4.90 Å². The molecule has 82 valence electrons. The maximum atomic E-state index is 10.9. The van der Waals surface area contributed by atoms with E-state index in [1.165, 1.54) is 18.9 Å². The first-order valence-electron chi connectivity index (χ1n) is 4.20. The molecular formula is C10H11ClO3S. The molecule has 1 rings (SSSR count). The minimum atomic E-state index is -0.257. The van der Waals surface area contributed by atoms with Crippen molar-refractivity contribution in [3.63, 3.8) is 0 Å². The highest BCUT2D eigenvalue weighted by atomic mass is 35.5. The van der Waals surface area contributed by atoms with E-state index in [4.69, 9.17) is 16.3 Å². The minimum absolute atomic E-state index is 0.257. The summed E-state index contributed by atoms with van der Waals surface area (Å²) in [5.41, 5.74) is 0. The zero-order chi connectivity index (χ0) is 11.3. The predicted octanol–water partition coefficient (Wildman–Crippen LogP) is 2.61. The van der Waals surface area contributed by atoms with Gasteiger partial charge in [-0.3, -0.25) is 4.79 Å². The highest BCUT2D eigenvalue weighted by Crippen LogP contribution is 2.29. The maximum Gasteiger partial charge on any atom is 0.315 e. The number of benzene rings is 1. The third kappa shape index (κ3) is 3.64. The lowest BCUT2D eigenvalue weighted by Crippen LogP contribution is -2.02. The topological polar surface area (TPSA) is 35.5 Å². The van der Waals surface area contributed by atoms with Gasteiger partial charge in [-0.25, -0.2) is 0 Å². The van der Waals surface area contributed by atoms with E-state index in [1.54, 1.807) is 19.2 Å². The smallest absolute Gasteiger partial charge is 0.315 e. The van der Waals surface area contributed by atoms with E-state index in [1.807, 2.05) is 6.07 Å². The molecule has 5 heteroatoms. The number of carbonyl (C=O) groups excluding carboxylic acids is 1. The van der Waals surface area contributed by atoms with E-state index in [9.17, 15) is 4.79 Å². The summed E-state index contributed by atoms with van der Waals surface area (Å²) in [4.78, 5) is 11.8. The Hall–Kier alpha value is -0.870. The van der Waals surface area contributed by atoms with Crippen molar-refractivity contribution in [2.75, 3.05) is 20.0 Å². The van der Waals surface area contributed by atoms with Crippen LogP contribution in [0.2, 0.25) is 5.02 Å². The lowest BCUT2D eigenvalue weighted by molar-refractivity contribution is -0.137. The number of hydrogen-bond donors (Lipinski definition) is 0. The summed E-state index contributed by atoms with van der Waals surface area (Å²) in [6.07, 6.45) is 0. The molecule has 3 nitrogen and oxygen atoms in total. The van der Waals surface area contributed by atoms with Crippen LogP contribution in [0.1, 0.15) is 0 Å². The van der Waals surface area contributed by atoms with Crippen LogP contribution in [0.15, 0.2) is 23.1 Å². The van der Waals surface area contributed by atoms with Crippen LogP contribution in [0, 0.1) is 0 Å². The number of thioether (sulfide) groups is 1. The molecule has 0 aliphatic heterocycles. The van der Waals surface area contributed by atoms with E-state index < -0.39 is 0 Å². The highest BCUT2D eigenvalue weighted by Gasteiger charge is 2.05. The normalized spacial score (nSPS) is 9.80. The van der Waals surface area contributed by atoms with Crippen molar-refractivity contribution in [3.05, 3.63) is 23.2 Å². The zero-order valence-corrected chi connectivity index (χ0v) is 10.0. The minimum Gasteiger partial charge on any atom is -0.495 e. The molecule has 0 atom stereocenters. The molecule has 0 saturated heterocycles. The number of hydrogen-bond acceptors (Lipinski definition) is 4. The zero-order valence-electron chi connectivity index (χ0n) is 8.45. The summed E-state index contributed by atoms with van der Waals surface area (Å²) in [5, 5.41) is 0.535. The fraction of sp³-hybridized carbons (Fsp3) is 0.300. The molecule has 0 unspecified atom stereocenters. The first-order chi connectivity index (χ1) is 7.17. The van der Waals surface area contributed by atoms with Crippen molar-refractivity contribution in [1.82, 2.24) is 0 Å². The van der Waals surface area contributed by atoms with E-state index in [2.05, 4.69) is 4.74 Å². The Morgan fingerprint density at radius 1 is 1.47 bits per heavy atom. The quantitative estimate of drug-likeness (QED) is 0.604. The van der Waals surface area contributed by atoms with Gasteiger partial charge in [-0.15, -0.1) is 11.8 Å². The Balaban J connectivity index is 2.63.